The average molecular weight is 505 g/mol. The highest BCUT2D eigenvalue weighted by Crippen LogP contribution is 2.69. The Morgan fingerprint density at radius 1 is 1.22 bits per heavy atom. The summed E-state index contributed by atoms with van der Waals surface area (Å²) in [4.78, 5) is 25.3. The maximum Gasteiger partial charge on any atom is 0.218 e. The first-order chi connectivity index (χ1) is 15.4. The van der Waals surface area contributed by atoms with Gasteiger partial charge in [-0.2, -0.15) is 0 Å². The highest BCUT2D eigenvalue weighted by Gasteiger charge is 2.74. The Hall–Kier alpha value is -1.28. The molecule has 0 spiro atoms. The third-order valence-electron chi connectivity index (χ3n) is 9.42. The van der Waals surface area contributed by atoms with Gasteiger partial charge in [-0.15, -0.1) is 0 Å². The van der Waals surface area contributed by atoms with E-state index < -0.39 is 30.0 Å². The number of hydrogen-bond acceptors (Lipinski definition) is 6. The molecule has 0 radical (unpaired) electrons. The minimum absolute atomic E-state index is 0.274. The summed E-state index contributed by atoms with van der Waals surface area (Å²) in [6.07, 6.45) is 7.04. The van der Waals surface area contributed by atoms with E-state index in [-0.39, 0.29) is 11.6 Å². The van der Waals surface area contributed by atoms with Crippen LogP contribution < -0.4 is 0 Å². The predicted octanol–water partition coefficient (Wildman–Crippen LogP) is 4.51. The highest BCUT2D eigenvalue weighted by atomic mass is 79.9. The zero-order valence-electron chi connectivity index (χ0n) is 18.2. The van der Waals surface area contributed by atoms with Crippen molar-refractivity contribution in [3.63, 3.8) is 0 Å². The molecule has 6 nitrogen and oxygen atoms in total. The Bertz CT molecular complexity index is 998. The second-order valence-corrected chi connectivity index (χ2v) is 11.3. The minimum atomic E-state index is -1.15. The number of rotatable bonds is 3. The van der Waals surface area contributed by atoms with Crippen molar-refractivity contribution in [3.8, 4) is 0 Å². The van der Waals surface area contributed by atoms with Gasteiger partial charge < -0.3 is 19.0 Å². The van der Waals surface area contributed by atoms with Crippen LogP contribution in [0, 0.1) is 29.1 Å². The number of carbonyl (C=O) groups is 2. The van der Waals surface area contributed by atoms with Crippen LogP contribution in [-0.2, 0) is 19.1 Å². The molecule has 1 aliphatic heterocycles. The molecule has 3 saturated carbocycles. The van der Waals surface area contributed by atoms with Gasteiger partial charge in [-0.25, -0.2) is 0 Å². The standard InChI is InChI=1S/C25H29BrO6/c1-24-9-8-16-15-5-3-14(28)10-13(15)2-4-17(16)18(24)11-21-25(24,20(29)12-27)32-23(31-21)19-6-7-22(26)30-19/h6-7,10,15-18,21,23,27H,2-5,8-9,11-12H2,1H3/t15-,16+,17+,18-,21+,23+,24-,25+/m0/s1. The molecule has 2 heterocycles. The van der Waals surface area contributed by atoms with E-state index in [0.717, 1.165) is 38.5 Å². The molecule has 0 bridgehead atoms. The molecular weight excluding hydrogens is 476 g/mol. The fraction of sp³-hybridized carbons (Fsp3) is 0.680. The van der Waals surface area contributed by atoms with Gasteiger partial charge in [0.1, 0.15) is 6.61 Å². The highest BCUT2D eigenvalue weighted by molar-refractivity contribution is 9.10. The Balaban J connectivity index is 1.35. The van der Waals surface area contributed by atoms with Crippen molar-refractivity contribution in [3.05, 3.63) is 34.2 Å². The lowest BCUT2D eigenvalue weighted by Gasteiger charge is -2.55. The summed E-state index contributed by atoms with van der Waals surface area (Å²) in [6, 6.07) is 3.58. The number of halogens is 1. The van der Waals surface area contributed by atoms with Crippen molar-refractivity contribution in [1.29, 1.82) is 0 Å². The Kier molecular flexibility index (Phi) is 4.89. The lowest BCUT2D eigenvalue weighted by Crippen LogP contribution is -2.59. The number of aliphatic hydroxyl groups excluding tert-OH is 1. The second kappa shape index (κ2) is 7.36. The lowest BCUT2D eigenvalue weighted by atomic mass is 9.50. The maximum atomic E-state index is 13.3. The van der Waals surface area contributed by atoms with E-state index in [9.17, 15) is 14.7 Å². The van der Waals surface area contributed by atoms with Gasteiger partial charge in [0.15, 0.2) is 27.6 Å². The van der Waals surface area contributed by atoms with Crippen molar-refractivity contribution in [1.82, 2.24) is 0 Å². The summed E-state index contributed by atoms with van der Waals surface area (Å²) >= 11 is 3.32. The van der Waals surface area contributed by atoms with Crippen LogP contribution in [0.15, 0.2) is 32.9 Å². The molecule has 0 aromatic carbocycles. The molecule has 172 valence electrons. The summed E-state index contributed by atoms with van der Waals surface area (Å²) < 4.78 is 19.1. The molecule has 1 aromatic rings. The fourth-order valence-electron chi connectivity index (χ4n) is 8.13. The number of Topliss-reactive ketones (excluding diaryl/α,β-unsaturated/α-hetero) is 1. The number of aliphatic hydroxyl groups is 1. The molecule has 5 aliphatic rings. The van der Waals surface area contributed by atoms with Crippen LogP contribution >= 0.6 is 15.9 Å². The monoisotopic (exact) mass is 504 g/mol. The summed E-state index contributed by atoms with van der Waals surface area (Å²) in [6.45, 7) is 1.63. The molecule has 6 rings (SSSR count). The van der Waals surface area contributed by atoms with Crippen LogP contribution in [0.3, 0.4) is 0 Å². The van der Waals surface area contributed by atoms with Crippen LogP contribution in [0.4, 0.5) is 0 Å². The molecule has 4 fully saturated rings. The first-order valence-corrected chi connectivity index (χ1v) is 12.6. The van der Waals surface area contributed by atoms with Gasteiger partial charge in [0.05, 0.1) is 6.10 Å². The topological polar surface area (TPSA) is 86.0 Å². The Labute approximate surface area is 195 Å². The average Bonchev–Trinajstić information content (AvgIpc) is 3.44. The molecule has 1 N–H and O–H groups in total. The van der Waals surface area contributed by atoms with E-state index in [1.165, 1.54) is 5.57 Å². The Morgan fingerprint density at radius 3 is 2.81 bits per heavy atom. The summed E-state index contributed by atoms with van der Waals surface area (Å²) in [5.41, 5.74) is -0.204. The van der Waals surface area contributed by atoms with Gasteiger partial charge in [0, 0.05) is 11.8 Å². The molecule has 32 heavy (non-hydrogen) atoms. The lowest BCUT2D eigenvalue weighted by molar-refractivity contribution is -0.188. The van der Waals surface area contributed by atoms with Crippen LogP contribution in [0.1, 0.15) is 63.9 Å². The number of carbonyl (C=O) groups excluding carboxylic acids is 2. The largest absolute Gasteiger partial charge is 0.449 e. The van der Waals surface area contributed by atoms with E-state index in [0.29, 0.717) is 40.5 Å². The number of hydrogen-bond donors (Lipinski definition) is 1. The van der Waals surface area contributed by atoms with E-state index in [4.69, 9.17) is 13.9 Å². The molecule has 1 saturated heterocycles. The molecule has 1 aromatic heterocycles. The third-order valence-corrected chi connectivity index (χ3v) is 9.85. The quantitative estimate of drug-likeness (QED) is 0.651. The SMILES string of the molecule is C[C@]12CC[C@H]3[C@@H](CCC4=CC(=O)CC[C@@H]43)[C@@H]1C[C@H]1O[C@@H](c3ccc(Br)o3)O[C@]12C(=O)CO. The molecular formula is C25H29BrO6. The van der Waals surface area contributed by atoms with Crippen molar-refractivity contribution < 1.29 is 28.6 Å². The first-order valence-electron chi connectivity index (χ1n) is 11.8. The zero-order valence-corrected chi connectivity index (χ0v) is 19.8. The van der Waals surface area contributed by atoms with Gasteiger partial charge in [-0.05, 0) is 96.3 Å². The molecule has 7 heteroatoms. The van der Waals surface area contributed by atoms with E-state index in [2.05, 4.69) is 22.9 Å². The number of furan rings is 1. The third kappa shape index (κ3) is 2.74. The number of ketones is 2. The van der Waals surface area contributed by atoms with Crippen molar-refractivity contribution in [2.45, 2.75) is 69.9 Å². The van der Waals surface area contributed by atoms with Crippen molar-refractivity contribution >= 4 is 27.5 Å². The smallest absolute Gasteiger partial charge is 0.218 e. The molecule has 0 amide bonds. The van der Waals surface area contributed by atoms with Crippen molar-refractivity contribution in [2.75, 3.05) is 6.61 Å². The van der Waals surface area contributed by atoms with Crippen LogP contribution in [0.25, 0.3) is 0 Å². The van der Waals surface area contributed by atoms with Crippen LogP contribution in [-0.4, -0.2) is 35.0 Å². The molecule has 4 aliphatic carbocycles. The number of ether oxygens (including phenoxy) is 2. The van der Waals surface area contributed by atoms with Gasteiger partial charge in [0.25, 0.3) is 0 Å². The van der Waals surface area contributed by atoms with E-state index in [1.807, 2.05) is 6.08 Å². The van der Waals surface area contributed by atoms with Gasteiger partial charge >= 0.3 is 0 Å². The van der Waals surface area contributed by atoms with Crippen molar-refractivity contribution in [2.24, 2.45) is 29.1 Å². The normalized spacial score (nSPS) is 45.0. The second-order valence-electron chi connectivity index (χ2n) is 10.5. The van der Waals surface area contributed by atoms with Crippen LogP contribution in [0.5, 0.6) is 0 Å². The predicted molar refractivity (Wildman–Crippen MR) is 117 cm³/mol. The van der Waals surface area contributed by atoms with Gasteiger partial charge in [-0.3, -0.25) is 9.59 Å². The summed E-state index contributed by atoms with van der Waals surface area (Å²) in [5, 5.41) is 9.96. The fourth-order valence-corrected chi connectivity index (χ4v) is 8.45. The van der Waals surface area contributed by atoms with E-state index in [1.54, 1.807) is 12.1 Å². The summed E-state index contributed by atoms with van der Waals surface area (Å²) in [7, 11) is 0. The minimum Gasteiger partial charge on any atom is -0.449 e. The van der Waals surface area contributed by atoms with Gasteiger partial charge in [0.2, 0.25) is 6.29 Å². The van der Waals surface area contributed by atoms with Gasteiger partial charge in [-0.1, -0.05) is 12.5 Å². The van der Waals surface area contributed by atoms with Crippen LogP contribution in [0.2, 0.25) is 0 Å². The number of allylic oxidation sites excluding steroid dienone is 1. The zero-order chi connectivity index (χ0) is 22.3. The number of fused-ring (bicyclic) bond motifs is 7. The Morgan fingerprint density at radius 2 is 2.06 bits per heavy atom. The van der Waals surface area contributed by atoms with E-state index >= 15 is 0 Å². The summed E-state index contributed by atoms with van der Waals surface area (Å²) in [5.74, 6) is 2.36. The molecule has 8 atom stereocenters. The first kappa shape index (κ1) is 21.3. The molecule has 0 unspecified atom stereocenters. The maximum absolute atomic E-state index is 13.3.